The van der Waals surface area contributed by atoms with Crippen molar-refractivity contribution < 1.29 is 9.90 Å². The van der Waals surface area contributed by atoms with Crippen LogP contribution in [0.3, 0.4) is 0 Å². The van der Waals surface area contributed by atoms with Gasteiger partial charge in [-0.3, -0.25) is 4.79 Å². The van der Waals surface area contributed by atoms with Crippen molar-refractivity contribution in [3.05, 3.63) is 42.2 Å². The topological polar surface area (TPSA) is 66.0 Å². The second-order valence-corrected chi connectivity index (χ2v) is 5.11. The molecule has 19 heavy (non-hydrogen) atoms. The standard InChI is InChI=1S/C15H16N2O2/c18-14(19)15(8-4-5-9-15)12-10-16-13(17-12)11-6-2-1-3-7-11/h1-3,6-7,10H,4-5,8-9H2,(H,16,17)(H,18,19). The molecular formula is C15H16N2O2. The number of imidazole rings is 1. The molecule has 3 rings (SSSR count). The van der Waals surface area contributed by atoms with Crippen LogP contribution in [0.1, 0.15) is 31.4 Å². The Hall–Kier alpha value is -2.10. The molecule has 0 atom stereocenters. The van der Waals surface area contributed by atoms with Gasteiger partial charge in [0.05, 0.1) is 5.69 Å². The summed E-state index contributed by atoms with van der Waals surface area (Å²) in [6.07, 6.45) is 5.00. The zero-order valence-corrected chi connectivity index (χ0v) is 10.6. The number of benzene rings is 1. The van der Waals surface area contributed by atoms with Gasteiger partial charge in [0.1, 0.15) is 11.2 Å². The van der Waals surface area contributed by atoms with Gasteiger partial charge in [0.15, 0.2) is 0 Å². The number of hydrogen-bond acceptors (Lipinski definition) is 2. The molecule has 1 aromatic heterocycles. The molecule has 1 saturated carbocycles. The summed E-state index contributed by atoms with van der Waals surface area (Å²) >= 11 is 0. The Morgan fingerprint density at radius 2 is 1.89 bits per heavy atom. The fourth-order valence-electron chi connectivity index (χ4n) is 2.88. The molecule has 98 valence electrons. The minimum absolute atomic E-state index is 0.693. The van der Waals surface area contributed by atoms with Gasteiger partial charge in [-0.05, 0) is 12.8 Å². The van der Waals surface area contributed by atoms with Gasteiger partial charge in [0.25, 0.3) is 0 Å². The van der Waals surface area contributed by atoms with Gasteiger partial charge in [0.2, 0.25) is 0 Å². The van der Waals surface area contributed by atoms with E-state index in [1.165, 1.54) is 0 Å². The van der Waals surface area contributed by atoms with Gasteiger partial charge < -0.3 is 10.1 Å². The van der Waals surface area contributed by atoms with Gasteiger partial charge >= 0.3 is 5.97 Å². The lowest BCUT2D eigenvalue weighted by Gasteiger charge is -2.21. The molecular weight excluding hydrogens is 240 g/mol. The molecule has 1 aliphatic carbocycles. The van der Waals surface area contributed by atoms with Crippen LogP contribution in [-0.4, -0.2) is 21.0 Å². The predicted octanol–water partition coefficient (Wildman–Crippen LogP) is 2.97. The second-order valence-electron chi connectivity index (χ2n) is 5.11. The van der Waals surface area contributed by atoms with E-state index in [-0.39, 0.29) is 0 Å². The maximum Gasteiger partial charge on any atom is 0.315 e. The lowest BCUT2D eigenvalue weighted by atomic mass is 9.83. The molecule has 1 aliphatic rings. The molecule has 1 fully saturated rings. The van der Waals surface area contributed by atoms with Crippen molar-refractivity contribution >= 4 is 5.97 Å². The molecule has 0 amide bonds. The Labute approximate surface area is 111 Å². The first-order chi connectivity index (χ1) is 9.22. The average molecular weight is 256 g/mol. The van der Waals surface area contributed by atoms with Crippen LogP contribution in [0.25, 0.3) is 11.4 Å². The average Bonchev–Trinajstić information content (AvgIpc) is 3.09. The third-order valence-electron chi connectivity index (χ3n) is 4.01. The molecule has 0 spiro atoms. The first kappa shape index (κ1) is 12.0. The van der Waals surface area contributed by atoms with Crippen LogP contribution in [0.2, 0.25) is 0 Å². The highest BCUT2D eigenvalue weighted by atomic mass is 16.4. The summed E-state index contributed by atoms with van der Waals surface area (Å²) in [4.78, 5) is 19.2. The van der Waals surface area contributed by atoms with E-state index in [1.807, 2.05) is 30.3 Å². The number of rotatable bonds is 3. The number of nitrogens with one attached hydrogen (secondary N) is 1. The smallest absolute Gasteiger partial charge is 0.315 e. The van der Waals surface area contributed by atoms with Crippen molar-refractivity contribution in [1.82, 2.24) is 9.97 Å². The van der Waals surface area contributed by atoms with Crippen LogP contribution in [0, 0.1) is 0 Å². The number of carbonyl (C=O) groups is 1. The summed E-state index contributed by atoms with van der Waals surface area (Å²) in [6, 6.07) is 9.76. The predicted molar refractivity (Wildman–Crippen MR) is 71.8 cm³/mol. The highest BCUT2D eigenvalue weighted by molar-refractivity contribution is 5.81. The van der Waals surface area contributed by atoms with Crippen LogP contribution >= 0.6 is 0 Å². The number of H-pyrrole nitrogens is 1. The maximum atomic E-state index is 11.6. The van der Waals surface area contributed by atoms with Gasteiger partial charge in [-0.1, -0.05) is 43.2 Å². The van der Waals surface area contributed by atoms with Crippen LogP contribution in [0.4, 0.5) is 0 Å². The van der Waals surface area contributed by atoms with E-state index in [0.29, 0.717) is 12.8 Å². The number of aromatic nitrogens is 2. The largest absolute Gasteiger partial charge is 0.481 e. The summed E-state index contributed by atoms with van der Waals surface area (Å²) in [7, 11) is 0. The maximum absolute atomic E-state index is 11.6. The van der Waals surface area contributed by atoms with E-state index in [4.69, 9.17) is 0 Å². The fourth-order valence-corrected chi connectivity index (χ4v) is 2.88. The van der Waals surface area contributed by atoms with Crippen molar-refractivity contribution in [2.75, 3.05) is 0 Å². The molecule has 2 N–H and O–H groups in total. The molecule has 1 aromatic carbocycles. The SMILES string of the molecule is O=C(O)C1(c2cnc(-c3ccccc3)[nH]2)CCCC1. The third-order valence-corrected chi connectivity index (χ3v) is 4.01. The summed E-state index contributed by atoms with van der Waals surface area (Å²) in [5.74, 6) is -0.00335. The first-order valence-corrected chi connectivity index (χ1v) is 6.57. The lowest BCUT2D eigenvalue weighted by molar-refractivity contribution is -0.143. The monoisotopic (exact) mass is 256 g/mol. The molecule has 4 heteroatoms. The van der Waals surface area contributed by atoms with E-state index >= 15 is 0 Å². The fraction of sp³-hybridized carbons (Fsp3) is 0.333. The van der Waals surface area contributed by atoms with Crippen molar-refractivity contribution in [2.45, 2.75) is 31.1 Å². The Balaban J connectivity index is 1.99. The lowest BCUT2D eigenvalue weighted by Crippen LogP contribution is -2.32. The Morgan fingerprint density at radius 1 is 1.21 bits per heavy atom. The first-order valence-electron chi connectivity index (χ1n) is 6.57. The molecule has 4 nitrogen and oxygen atoms in total. The number of nitrogens with zero attached hydrogens (tertiary/aromatic N) is 1. The summed E-state index contributed by atoms with van der Waals surface area (Å²) in [5, 5.41) is 9.55. The molecule has 1 heterocycles. The van der Waals surface area contributed by atoms with Gasteiger partial charge in [-0.25, -0.2) is 4.98 Å². The van der Waals surface area contributed by atoms with E-state index in [0.717, 1.165) is 29.9 Å². The van der Waals surface area contributed by atoms with Crippen molar-refractivity contribution in [1.29, 1.82) is 0 Å². The third kappa shape index (κ3) is 1.93. The van der Waals surface area contributed by atoms with Crippen molar-refractivity contribution in [3.63, 3.8) is 0 Å². The number of hydrogen-bond donors (Lipinski definition) is 2. The van der Waals surface area contributed by atoms with Crippen molar-refractivity contribution in [3.8, 4) is 11.4 Å². The molecule has 2 aromatic rings. The normalized spacial score (nSPS) is 17.5. The Kier molecular flexibility index (Phi) is 2.85. The zero-order valence-electron chi connectivity index (χ0n) is 10.6. The number of carboxylic acids is 1. The van der Waals surface area contributed by atoms with Crippen LogP contribution in [-0.2, 0) is 10.2 Å². The van der Waals surface area contributed by atoms with Crippen LogP contribution in [0.5, 0.6) is 0 Å². The molecule has 0 aliphatic heterocycles. The van der Waals surface area contributed by atoms with E-state index in [2.05, 4.69) is 9.97 Å². The number of aromatic amines is 1. The van der Waals surface area contributed by atoms with Crippen molar-refractivity contribution in [2.24, 2.45) is 0 Å². The summed E-state index contributed by atoms with van der Waals surface area (Å²) < 4.78 is 0. The van der Waals surface area contributed by atoms with E-state index in [1.54, 1.807) is 6.20 Å². The highest BCUT2D eigenvalue weighted by Crippen LogP contribution is 2.41. The van der Waals surface area contributed by atoms with E-state index < -0.39 is 11.4 Å². The minimum Gasteiger partial charge on any atom is -0.481 e. The minimum atomic E-state index is -0.764. The van der Waals surface area contributed by atoms with Crippen LogP contribution < -0.4 is 0 Å². The Morgan fingerprint density at radius 3 is 2.53 bits per heavy atom. The van der Waals surface area contributed by atoms with Gasteiger partial charge in [-0.15, -0.1) is 0 Å². The van der Waals surface area contributed by atoms with E-state index in [9.17, 15) is 9.90 Å². The molecule has 0 bridgehead atoms. The Bertz CT molecular complexity index is 583. The second kappa shape index (κ2) is 4.53. The zero-order chi connectivity index (χ0) is 13.3. The van der Waals surface area contributed by atoms with Gasteiger partial charge in [0, 0.05) is 11.8 Å². The highest BCUT2D eigenvalue weighted by Gasteiger charge is 2.44. The van der Waals surface area contributed by atoms with Crippen LogP contribution in [0.15, 0.2) is 36.5 Å². The number of carboxylic acid groups (broad SMARTS) is 1. The molecule has 0 saturated heterocycles. The summed E-state index contributed by atoms with van der Waals surface area (Å²) in [6.45, 7) is 0. The van der Waals surface area contributed by atoms with Gasteiger partial charge in [-0.2, -0.15) is 0 Å². The summed E-state index contributed by atoms with van der Waals surface area (Å²) in [5.41, 5.74) is 0.948. The molecule has 0 unspecified atom stereocenters. The number of aliphatic carboxylic acids is 1. The molecule has 0 radical (unpaired) electrons. The quantitative estimate of drug-likeness (QED) is 0.887.